The third kappa shape index (κ3) is 7.42. The summed E-state index contributed by atoms with van der Waals surface area (Å²) in [4.78, 5) is 24.6. The van der Waals surface area contributed by atoms with E-state index in [9.17, 15) is 18.0 Å². The zero-order valence-electron chi connectivity index (χ0n) is 20.1. The van der Waals surface area contributed by atoms with Crippen LogP contribution >= 0.6 is 0 Å². The maximum Gasteiger partial charge on any atom is 0.338 e. The maximum atomic E-state index is 12.8. The van der Waals surface area contributed by atoms with Crippen LogP contribution in [0.1, 0.15) is 46.8 Å². The SMILES string of the molecule is CCCCc1ccc(NS(=O)(=O)c2cccc(C(=O)OCC(=O)Nc3cc(C)ccc3C)c2)cc1. The second-order valence-corrected chi connectivity index (χ2v) is 10.1. The van der Waals surface area contributed by atoms with Gasteiger partial charge >= 0.3 is 5.97 Å². The lowest BCUT2D eigenvalue weighted by atomic mass is 10.1. The highest BCUT2D eigenvalue weighted by atomic mass is 32.2. The molecular formula is C27H30N2O5S. The first-order valence-corrected chi connectivity index (χ1v) is 12.9. The van der Waals surface area contributed by atoms with E-state index < -0.39 is 28.5 Å². The number of unbranched alkanes of at least 4 members (excludes halogenated alkanes) is 1. The van der Waals surface area contributed by atoms with Crippen LogP contribution < -0.4 is 10.0 Å². The largest absolute Gasteiger partial charge is 0.452 e. The van der Waals surface area contributed by atoms with E-state index in [0.29, 0.717) is 11.4 Å². The van der Waals surface area contributed by atoms with Crippen LogP contribution in [0.5, 0.6) is 0 Å². The van der Waals surface area contributed by atoms with Crippen molar-refractivity contribution in [2.24, 2.45) is 0 Å². The first kappa shape index (κ1) is 26.0. The van der Waals surface area contributed by atoms with Crippen molar-refractivity contribution in [2.45, 2.75) is 44.9 Å². The number of hydrogen-bond acceptors (Lipinski definition) is 5. The van der Waals surface area contributed by atoms with Crippen LogP contribution in [0.15, 0.2) is 71.6 Å². The summed E-state index contributed by atoms with van der Waals surface area (Å²) in [6, 6.07) is 18.4. The van der Waals surface area contributed by atoms with Gasteiger partial charge in [-0.1, -0.05) is 43.7 Å². The molecule has 184 valence electrons. The molecule has 1 amide bonds. The molecule has 0 radical (unpaired) electrons. The van der Waals surface area contributed by atoms with Gasteiger partial charge in [-0.25, -0.2) is 13.2 Å². The minimum Gasteiger partial charge on any atom is -0.452 e. The molecule has 0 aliphatic heterocycles. The predicted octanol–water partition coefficient (Wildman–Crippen LogP) is 5.24. The van der Waals surface area contributed by atoms with E-state index in [1.54, 1.807) is 12.1 Å². The van der Waals surface area contributed by atoms with Crippen LogP contribution in [0.25, 0.3) is 0 Å². The van der Waals surface area contributed by atoms with Crippen molar-refractivity contribution in [1.82, 2.24) is 0 Å². The van der Waals surface area contributed by atoms with Gasteiger partial charge in [-0.2, -0.15) is 0 Å². The standard InChI is InChI=1S/C27H30N2O5S/c1-4-5-7-21-12-14-23(15-13-21)29-35(32,33)24-9-6-8-22(17-24)27(31)34-18-26(30)28-25-16-19(2)10-11-20(25)3/h6,8-17,29H,4-5,7,18H2,1-3H3,(H,28,30). The molecule has 3 aromatic carbocycles. The minimum atomic E-state index is -3.92. The Morgan fingerprint density at radius 2 is 1.69 bits per heavy atom. The molecule has 0 bridgehead atoms. The molecule has 0 saturated heterocycles. The van der Waals surface area contributed by atoms with E-state index in [0.717, 1.165) is 36.0 Å². The second kappa shape index (κ2) is 11.7. The Labute approximate surface area is 206 Å². The number of benzene rings is 3. The van der Waals surface area contributed by atoms with Crippen LogP contribution in [0.3, 0.4) is 0 Å². The molecule has 7 nitrogen and oxygen atoms in total. The molecule has 35 heavy (non-hydrogen) atoms. The van der Waals surface area contributed by atoms with Gasteiger partial charge < -0.3 is 10.1 Å². The molecule has 0 aliphatic rings. The molecule has 8 heteroatoms. The van der Waals surface area contributed by atoms with Crippen LogP contribution in [0.2, 0.25) is 0 Å². The summed E-state index contributed by atoms with van der Waals surface area (Å²) in [7, 11) is -3.92. The van der Waals surface area contributed by atoms with Gasteiger partial charge in [0.15, 0.2) is 6.61 Å². The molecule has 0 aliphatic carbocycles. The number of sulfonamides is 1. The number of amides is 1. The molecule has 0 spiro atoms. The van der Waals surface area contributed by atoms with E-state index >= 15 is 0 Å². The zero-order chi connectivity index (χ0) is 25.4. The van der Waals surface area contributed by atoms with Crippen molar-refractivity contribution < 1.29 is 22.7 Å². The average Bonchev–Trinajstić information content (AvgIpc) is 2.84. The van der Waals surface area contributed by atoms with E-state index in [2.05, 4.69) is 17.0 Å². The Morgan fingerprint density at radius 1 is 0.943 bits per heavy atom. The Kier molecular flexibility index (Phi) is 8.65. The fourth-order valence-corrected chi connectivity index (χ4v) is 4.50. The quantitative estimate of drug-likeness (QED) is 0.375. The van der Waals surface area contributed by atoms with E-state index in [1.165, 1.54) is 24.3 Å². The van der Waals surface area contributed by atoms with Crippen molar-refractivity contribution in [3.63, 3.8) is 0 Å². The maximum absolute atomic E-state index is 12.8. The minimum absolute atomic E-state index is 0.0299. The van der Waals surface area contributed by atoms with Crippen LogP contribution in [-0.2, 0) is 26.0 Å². The van der Waals surface area contributed by atoms with Gasteiger partial charge in [0.05, 0.1) is 10.5 Å². The van der Waals surface area contributed by atoms with Gasteiger partial charge in [-0.15, -0.1) is 0 Å². The monoisotopic (exact) mass is 494 g/mol. The molecular weight excluding hydrogens is 464 g/mol. The summed E-state index contributed by atoms with van der Waals surface area (Å²) < 4.78 is 33.3. The summed E-state index contributed by atoms with van der Waals surface area (Å²) in [6.45, 7) is 5.40. The molecule has 0 unspecified atom stereocenters. The highest BCUT2D eigenvalue weighted by molar-refractivity contribution is 7.92. The van der Waals surface area contributed by atoms with Crippen molar-refractivity contribution in [2.75, 3.05) is 16.6 Å². The lowest BCUT2D eigenvalue weighted by Gasteiger charge is -2.11. The molecule has 0 fully saturated rings. The van der Waals surface area contributed by atoms with E-state index in [4.69, 9.17) is 4.74 Å². The third-order valence-electron chi connectivity index (χ3n) is 5.41. The van der Waals surface area contributed by atoms with E-state index in [1.807, 2.05) is 44.2 Å². The summed E-state index contributed by atoms with van der Waals surface area (Å²) in [5, 5.41) is 2.71. The normalized spacial score (nSPS) is 11.1. The topological polar surface area (TPSA) is 102 Å². The van der Waals surface area contributed by atoms with Crippen LogP contribution in [0.4, 0.5) is 11.4 Å². The lowest BCUT2D eigenvalue weighted by molar-refractivity contribution is -0.119. The summed E-state index contributed by atoms with van der Waals surface area (Å²) in [5.74, 6) is -1.28. The first-order chi connectivity index (χ1) is 16.7. The van der Waals surface area contributed by atoms with Crippen molar-refractivity contribution in [3.8, 4) is 0 Å². The smallest absolute Gasteiger partial charge is 0.338 e. The number of carbonyl (C=O) groups excluding carboxylic acids is 2. The summed E-state index contributed by atoms with van der Waals surface area (Å²) in [5.41, 5.74) is 4.12. The summed E-state index contributed by atoms with van der Waals surface area (Å²) >= 11 is 0. The highest BCUT2D eigenvalue weighted by Gasteiger charge is 2.18. The number of carbonyl (C=O) groups is 2. The predicted molar refractivity (Wildman–Crippen MR) is 137 cm³/mol. The van der Waals surface area contributed by atoms with Gasteiger partial charge in [-0.3, -0.25) is 9.52 Å². The summed E-state index contributed by atoms with van der Waals surface area (Å²) in [6.07, 6.45) is 3.10. The molecule has 3 rings (SSSR count). The van der Waals surface area contributed by atoms with Crippen molar-refractivity contribution in [1.29, 1.82) is 0 Å². The Hall–Kier alpha value is -3.65. The van der Waals surface area contributed by atoms with Gasteiger partial charge in [0, 0.05) is 11.4 Å². The number of ether oxygens (including phenoxy) is 1. The van der Waals surface area contributed by atoms with Crippen molar-refractivity contribution >= 4 is 33.3 Å². The van der Waals surface area contributed by atoms with Gasteiger partial charge in [0.1, 0.15) is 0 Å². The van der Waals surface area contributed by atoms with Crippen LogP contribution in [-0.4, -0.2) is 26.9 Å². The Morgan fingerprint density at radius 3 is 2.40 bits per heavy atom. The number of aryl methyl sites for hydroxylation is 3. The Balaban J connectivity index is 1.62. The molecule has 0 aromatic heterocycles. The fourth-order valence-electron chi connectivity index (χ4n) is 3.40. The van der Waals surface area contributed by atoms with Gasteiger partial charge in [-0.05, 0) is 79.8 Å². The van der Waals surface area contributed by atoms with Gasteiger partial charge in [0.25, 0.3) is 15.9 Å². The highest BCUT2D eigenvalue weighted by Crippen LogP contribution is 2.19. The second-order valence-electron chi connectivity index (χ2n) is 8.38. The number of anilines is 2. The van der Waals surface area contributed by atoms with Gasteiger partial charge in [0.2, 0.25) is 0 Å². The Bertz CT molecular complexity index is 1300. The number of nitrogens with one attached hydrogen (secondary N) is 2. The number of hydrogen-bond donors (Lipinski definition) is 2. The molecule has 0 saturated carbocycles. The van der Waals surface area contributed by atoms with Crippen LogP contribution in [0, 0.1) is 13.8 Å². The molecule has 0 heterocycles. The number of rotatable bonds is 10. The molecule has 2 N–H and O–H groups in total. The third-order valence-corrected chi connectivity index (χ3v) is 6.79. The van der Waals surface area contributed by atoms with E-state index in [-0.39, 0.29) is 10.5 Å². The zero-order valence-corrected chi connectivity index (χ0v) is 20.9. The lowest BCUT2D eigenvalue weighted by Crippen LogP contribution is -2.21. The van der Waals surface area contributed by atoms with Crippen molar-refractivity contribution in [3.05, 3.63) is 89.0 Å². The molecule has 3 aromatic rings. The number of esters is 1. The first-order valence-electron chi connectivity index (χ1n) is 11.4. The fraction of sp³-hybridized carbons (Fsp3) is 0.259. The molecule has 0 atom stereocenters. The average molecular weight is 495 g/mol.